The van der Waals surface area contributed by atoms with Gasteiger partial charge >= 0.3 is 0 Å². The smallest absolute Gasteiger partial charge is 0.273 e. The van der Waals surface area contributed by atoms with E-state index in [1.54, 1.807) is 38.1 Å². The Morgan fingerprint density at radius 2 is 1.57 bits per heavy atom. The number of benzene rings is 2. The molecule has 2 aromatic carbocycles. The van der Waals surface area contributed by atoms with E-state index in [-0.39, 0.29) is 24.1 Å². The molecule has 0 spiro atoms. The number of carbonyl (C=O) groups is 3. The Labute approximate surface area is 173 Å². The second-order valence-corrected chi connectivity index (χ2v) is 6.89. The van der Waals surface area contributed by atoms with Crippen molar-refractivity contribution in [2.45, 2.75) is 13.8 Å². The zero-order chi connectivity index (χ0) is 21.5. The predicted molar refractivity (Wildman–Crippen MR) is 113 cm³/mol. The summed E-state index contributed by atoms with van der Waals surface area (Å²) < 4.78 is 5.19. The highest BCUT2D eigenvalue weighted by Gasteiger charge is 2.14. The Morgan fingerprint density at radius 3 is 2.20 bits per heavy atom. The maximum Gasteiger partial charge on any atom is 0.273 e. The Morgan fingerprint density at radius 1 is 0.933 bits per heavy atom. The van der Waals surface area contributed by atoms with Gasteiger partial charge in [-0.15, -0.1) is 0 Å². The van der Waals surface area contributed by atoms with Gasteiger partial charge in [0.05, 0.1) is 6.54 Å². The second kappa shape index (κ2) is 9.51. The van der Waals surface area contributed by atoms with Crippen LogP contribution in [-0.4, -0.2) is 29.4 Å². The third-order valence-corrected chi connectivity index (χ3v) is 4.17. The molecule has 1 aromatic heterocycles. The lowest BCUT2D eigenvalue weighted by atomic mass is 10.1. The molecular formula is C22H22N4O4. The molecule has 0 radical (unpaired) electrons. The van der Waals surface area contributed by atoms with E-state index in [1.165, 1.54) is 6.07 Å². The van der Waals surface area contributed by atoms with E-state index in [1.807, 2.05) is 30.3 Å². The number of carbonyl (C=O) groups excluding carboxylic acids is 3. The summed E-state index contributed by atoms with van der Waals surface area (Å²) >= 11 is 0. The molecule has 0 aliphatic rings. The number of nitrogens with zero attached hydrogens (tertiary/aromatic N) is 1. The van der Waals surface area contributed by atoms with Crippen molar-refractivity contribution in [1.29, 1.82) is 0 Å². The van der Waals surface area contributed by atoms with E-state index in [2.05, 4.69) is 21.1 Å². The van der Waals surface area contributed by atoms with Crippen LogP contribution in [0.1, 0.15) is 24.3 Å². The third-order valence-electron chi connectivity index (χ3n) is 4.17. The number of anilines is 2. The Hall–Kier alpha value is -3.94. The largest absolute Gasteiger partial charge is 0.355 e. The lowest BCUT2D eigenvalue weighted by Crippen LogP contribution is -2.33. The van der Waals surface area contributed by atoms with Gasteiger partial charge in [0.2, 0.25) is 11.8 Å². The highest BCUT2D eigenvalue weighted by molar-refractivity contribution is 5.99. The highest BCUT2D eigenvalue weighted by Crippen LogP contribution is 2.19. The number of amides is 3. The Bertz CT molecular complexity index is 1030. The summed E-state index contributed by atoms with van der Waals surface area (Å²) in [6.07, 6.45) is 0. The maximum absolute atomic E-state index is 12.2. The summed E-state index contributed by atoms with van der Waals surface area (Å²) in [5.41, 5.74) is 2.08. The number of hydrogen-bond acceptors (Lipinski definition) is 5. The van der Waals surface area contributed by atoms with Gasteiger partial charge in [-0.2, -0.15) is 0 Å². The molecule has 0 fully saturated rings. The minimum absolute atomic E-state index is 0.0854. The summed E-state index contributed by atoms with van der Waals surface area (Å²) in [5.74, 6) is -0.647. The molecule has 8 heteroatoms. The maximum atomic E-state index is 12.2. The minimum atomic E-state index is -0.511. The first-order valence-corrected chi connectivity index (χ1v) is 9.43. The quantitative estimate of drug-likeness (QED) is 0.557. The molecule has 0 aliphatic heterocycles. The fraction of sp³-hybridized carbons (Fsp3) is 0.182. The van der Waals surface area contributed by atoms with Crippen LogP contribution in [0, 0.1) is 5.92 Å². The molecule has 0 saturated carbocycles. The Kier molecular flexibility index (Phi) is 6.59. The molecule has 1 heterocycles. The molecule has 3 N–H and O–H groups in total. The molecule has 0 saturated heterocycles. The highest BCUT2D eigenvalue weighted by atomic mass is 16.5. The SMILES string of the molecule is CC(C)C(=O)Nc1ccc(NC(=O)CNC(=O)c2cc(-c3ccccc3)on2)cc1. The molecule has 3 rings (SSSR count). The molecule has 0 bridgehead atoms. The van der Waals surface area contributed by atoms with Crippen LogP contribution in [0.4, 0.5) is 11.4 Å². The minimum Gasteiger partial charge on any atom is -0.355 e. The summed E-state index contributed by atoms with van der Waals surface area (Å²) in [6, 6.07) is 17.5. The van der Waals surface area contributed by atoms with Crippen LogP contribution in [0.15, 0.2) is 65.2 Å². The van der Waals surface area contributed by atoms with Gasteiger partial charge in [-0.05, 0) is 24.3 Å². The van der Waals surface area contributed by atoms with Crippen LogP contribution in [-0.2, 0) is 9.59 Å². The monoisotopic (exact) mass is 406 g/mol. The van der Waals surface area contributed by atoms with Crippen molar-refractivity contribution in [2.24, 2.45) is 5.92 Å². The average Bonchev–Trinajstić information content (AvgIpc) is 3.24. The molecule has 3 aromatic rings. The molecule has 8 nitrogen and oxygen atoms in total. The van der Waals surface area contributed by atoms with Crippen LogP contribution in [0.3, 0.4) is 0 Å². The van der Waals surface area contributed by atoms with Crippen molar-refractivity contribution >= 4 is 29.1 Å². The van der Waals surface area contributed by atoms with Crippen molar-refractivity contribution in [1.82, 2.24) is 10.5 Å². The van der Waals surface area contributed by atoms with E-state index >= 15 is 0 Å². The van der Waals surface area contributed by atoms with Crippen LogP contribution < -0.4 is 16.0 Å². The summed E-state index contributed by atoms with van der Waals surface area (Å²) in [6.45, 7) is 3.39. The van der Waals surface area contributed by atoms with Gasteiger partial charge in [-0.1, -0.05) is 49.3 Å². The first-order chi connectivity index (χ1) is 14.4. The number of aromatic nitrogens is 1. The third kappa shape index (κ3) is 5.54. The fourth-order valence-electron chi connectivity index (χ4n) is 2.50. The van der Waals surface area contributed by atoms with Gasteiger partial charge in [0.25, 0.3) is 5.91 Å². The van der Waals surface area contributed by atoms with Gasteiger partial charge in [0.1, 0.15) is 0 Å². The van der Waals surface area contributed by atoms with Crippen molar-refractivity contribution in [3.05, 3.63) is 66.4 Å². The molecular weight excluding hydrogens is 384 g/mol. The lowest BCUT2D eigenvalue weighted by molar-refractivity contribution is -0.119. The first-order valence-electron chi connectivity index (χ1n) is 9.43. The molecule has 3 amide bonds. The molecule has 0 atom stereocenters. The van der Waals surface area contributed by atoms with Crippen molar-refractivity contribution in [3.8, 4) is 11.3 Å². The lowest BCUT2D eigenvalue weighted by Gasteiger charge is -2.09. The van der Waals surface area contributed by atoms with Gasteiger partial charge in [0, 0.05) is 28.9 Å². The number of hydrogen-bond donors (Lipinski definition) is 3. The topological polar surface area (TPSA) is 113 Å². The number of nitrogens with one attached hydrogen (secondary N) is 3. The zero-order valence-corrected chi connectivity index (χ0v) is 16.6. The summed E-state index contributed by atoms with van der Waals surface area (Å²) in [5, 5.41) is 11.7. The molecule has 0 unspecified atom stereocenters. The van der Waals surface area contributed by atoms with Crippen molar-refractivity contribution < 1.29 is 18.9 Å². The van der Waals surface area contributed by atoms with Gasteiger partial charge < -0.3 is 20.5 Å². The van der Waals surface area contributed by atoms with Crippen LogP contribution in [0.25, 0.3) is 11.3 Å². The summed E-state index contributed by atoms with van der Waals surface area (Å²) in [4.78, 5) is 36.0. The zero-order valence-electron chi connectivity index (χ0n) is 16.6. The van der Waals surface area contributed by atoms with Gasteiger partial charge in [0.15, 0.2) is 11.5 Å². The molecule has 30 heavy (non-hydrogen) atoms. The second-order valence-electron chi connectivity index (χ2n) is 6.89. The van der Waals surface area contributed by atoms with Crippen LogP contribution in [0.2, 0.25) is 0 Å². The van der Waals surface area contributed by atoms with Crippen molar-refractivity contribution in [2.75, 3.05) is 17.2 Å². The molecule has 0 aliphatic carbocycles. The fourth-order valence-corrected chi connectivity index (χ4v) is 2.50. The van der Waals surface area contributed by atoms with Crippen LogP contribution in [0.5, 0.6) is 0 Å². The normalized spacial score (nSPS) is 10.5. The van der Waals surface area contributed by atoms with E-state index < -0.39 is 11.8 Å². The van der Waals surface area contributed by atoms with E-state index in [0.717, 1.165) is 5.56 Å². The number of rotatable bonds is 7. The first kappa shape index (κ1) is 20.8. The predicted octanol–water partition coefficient (Wildman–Crippen LogP) is 3.30. The average molecular weight is 406 g/mol. The van der Waals surface area contributed by atoms with Gasteiger partial charge in [-0.3, -0.25) is 14.4 Å². The molecule has 154 valence electrons. The van der Waals surface area contributed by atoms with Crippen molar-refractivity contribution in [3.63, 3.8) is 0 Å². The van der Waals surface area contributed by atoms with E-state index in [9.17, 15) is 14.4 Å². The van der Waals surface area contributed by atoms with Gasteiger partial charge in [-0.25, -0.2) is 0 Å². The standard InChI is InChI=1S/C22H22N4O4/c1-14(2)21(28)25-17-10-8-16(9-11-17)24-20(27)13-23-22(29)18-12-19(30-26-18)15-6-4-3-5-7-15/h3-12,14H,13H2,1-2H3,(H,23,29)(H,24,27)(H,25,28). The van der Waals surface area contributed by atoms with E-state index in [4.69, 9.17) is 4.52 Å². The summed E-state index contributed by atoms with van der Waals surface area (Å²) in [7, 11) is 0. The Balaban J connectivity index is 1.49. The van der Waals surface area contributed by atoms with Crippen LogP contribution >= 0.6 is 0 Å². The van der Waals surface area contributed by atoms with E-state index in [0.29, 0.717) is 17.1 Å².